The smallest absolute Gasteiger partial charge is 0.119 e. The maximum atomic E-state index is 10.3. The molecule has 1 N–H and O–H groups in total. The van der Waals surface area contributed by atoms with Gasteiger partial charge in [-0.3, -0.25) is 0 Å². The van der Waals surface area contributed by atoms with E-state index in [-0.39, 0.29) is 0 Å². The second-order valence-corrected chi connectivity index (χ2v) is 4.91. The lowest BCUT2D eigenvalue weighted by Crippen LogP contribution is -2.00. The molecule has 19 heavy (non-hydrogen) atoms. The third-order valence-electron chi connectivity index (χ3n) is 2.76. The van der Waals surface area contributed by atoms with Crippen LogP contribution < -0.4 is 4.74 Å². The summed E-state index contributed by atoms with van der Waals surface area (Å²) >= 11 is 11.9. The Hall–Kier alpha value is -1.22. The zero-order chi connectivity index (χ0) is 13.8. The van der Waals surface area contributed by atoms with Crippen molar-refractivity contribution < 1.29 is 9.84 Å². The highest BCUT2D eigenvalue weighted by Gasteiger charge is 2.14. The predicted molar refractivity (Wildman–Crippen MR) is 78.1 cm³/mol. The van der Waals surface area contributed by atoms with Crippen molar-refractivity contribution in [3.8, 4) is 5.75 Å². The SMILES string of the molecule is CCOc1ccc(C(O)c2ccc(Cl)cc2Cl)cc1. The van der Waals surface area contributed by atoms with Crippen LogP contribution in [0, 0.1) is 0 Å². The summed E-state index contributed by atoms with van der Waals surface area (Å²) in [5.41, 5.74) is 1.39. The van der Waals surface area contributed by atoms with Crippen molar-refractivity contribution >= 4 is 23.2 Å². The molecule has 2 aromatic rings. The molecule has 0 saturated carbocycles. The van der Waals surface area contributed by atoms with Crippen molar-refractivity contribution in [3.05, 3.63) is 63.6 Å². The van der Waals surface area contributed by atoms with Gasteiger partial charge in [0, 0.05) is 15.6 Å². The number of aliphatic hydroxyl groups excluding tert-OH is 1. The molecule has 0 fully saturated rings. The first-order chi connectivity index (χ1) is 9.11. The molecule has 0 radical (unpaired) electrons. The number of halogens is 2. The summed E-state index contributed by atoms with van der Waals surface area (Å²) < 4.78 is 5.36. The van der Waals surface area contributed by atoms with E-state index in [2.05, 4.69) is 0 Å². The molecule has 100 valence electrons. The monoisotopic (exact) mass is 296 g/mol. The third kappa shape index (κ3) is 3.41. The molecule has 0 spiro atoms. The minimum Gasteiger partial charge on any atom is -0.494 e. The Bertz CT molecular complexity index is 553. The summed E-state index contributed by atoms with van der Waals surface area (Å²) in [5.74, 6) is 0.778. The fraction of sp³-hybridized carbons (Fsp3) is 0.200. The van der Waals surface area contributed by atoms with E-state index in [1.165, 1.54) is 0 Å². The fourth-order valence-electron chi connectivity index (χ4n) is 1.82. The first-order valence-corrected chi connectivity index (χ1v) is 6.73. The summed E-state index contributed by atoms with van der Waals surface area (Å²) in [5, 5.41) is 11.3. The van der Waals surface area contributed by atoms with Gasteiger partial charge in [-0.2, -0.15) is 0 Å². The van der Waals surface area contributed by atoms with Crippen molar-refractivity contribution in [2.45, 2.75) is 13.0 Å². The highest BCUT2D eigenvalue weighted by Crippen LogP contribution is 2.31. The van der Waals surface area contributed by atoms with Crippen molar-refractivity contribution in [2.24, 2.45) is 0 Å². The van der Waals surface area contributed by atoms with Crippen LogP contribution in [0.1, 0.15) is 24.2 Å². The number of ether oxygens (including phenoxy) is 1. The van der Waals surface area contributed by atoms with Gasteiger partial charge in [-0.1, -0.05) is 41.4 Å². The lowest BCUT2D eigenvalue weighted by Gasteiger charge is -2.14. The van der Waals surface area contributed by atoms with Gasteiger partial charge in [0.2, 0.25) is 0 Å². The van der Waals surface area contributed by atoms with Gasteiger partial charge in [0.1, 0.15) is 11.9 Å². The summed E-state index contributed by atoms with van der Waals surface area (Å²) in [6.45, 7) is 2.54. The van der Waals surface area contributed by atoms with E-state index < -0.39 is 6.10 Å². The molecule has 0 heterocycles. The molecule has 0 bridgehead atoms. The van der Waals surface area contributed by atoms with Crippen molar-refractivity contribution in [1.82, 2.24) is 0 Å². The highest BCUT2D eigenvalue weighted by molar-refractivity contribution is 6.35. The van der Waals surface area contributed by atoms with Crippen LogP contribution in [0.4, 0.5) is 0 Å². The second kappa shape index (κ2) is 6.29. The predicted octanol–water partition coefficient (Wildman–Crippen LogP) is 4.47. The van der Waals surface area contributed by atoms with Gasteiger partial charge in [-0.05, 0) is 36.8 Å². The lowest BCUT2D eigenvalue weighted by atomic mass is 10.0. The number of benzene rings is 2. The zero-order valence-corrected chi connectivity index (χ0v) is 11.9. The van der Waals surface area contributed by atoms with E-state index in [4.69, 9.17) is 27.9 Å². The molecule has 0 amide bonds. The van der Waals surface area contributed by atoms with E-state index in [0.29, 0.717) is 22.2 Å². The minimum absolute atomic E-state index is 0.453. The molecule has 0 saturated heterocycles. The van der Waals surface area contributed by atoms with Crippen molar-refractivity contribution in [1.29, 1.82) is 0 Å². The Morgan fingerprint density at radius 3 is 2.37 bits per heavy atom. The fourth-order valence-corrected chi connectivity index (χ4v) is 2.33. The van der Waals surface area contributed by atoms with Gasteiger partial charge >= 0.3 is 0 Å². The first-order valence-electron chi connectivity index (χ1n) is 5.97. The highest BCUT2D eigenvalue weighted by atomic mass is 35.5. The van der Waals surface area contributed by atoms with Crippen LogP contribution in [0.2, 0.25) is 10.0 Å². The molecule has 0 aliphatic rings. The number of aliphatic hydroxyl groups is 1. The van der Waals surface area contributed by atoms with Crippen LogP contribution >= 0.6 is 23.2 Å². The Balaban J connectivity index is 2.25. The molecule has 0 aliphatic heterocycles. The summed E-state index contributed by atoms with van der Waals surface area (Å²) in [6.07, 6.45) is -0.777. The van der Waals surface area contributed by atoms with Crippen LogP contribution in [-0.4, -0.2) is 11.7 Å². The van der Waals surface area contributed by atoms with Crippen LogP contribution in [0.3, 0.4) is 0 Å². The summed E-state index contributed by atoms with van der Waals surface area (Å²) in [6, 6.07) is 12.3. The summed E-state index contributed by atoms with van der Waals surface area (Å²) in [7, 11) is 0. The quantitative estimate of drug-likeness (QED) is 0.902. The largest absolute Gasteiger partial charge is 0.494 e. The number of rotatable bonds is 4. The van der Waals surface area contributed by atoms with Crippen molar-refractivity contribution in [2.75, 3.05) is 6.61 Å². The van der Waals surface area contributed by atoms with E-state index >= 15 is 0 Å². The van der Waals surface area contributed by atoms with E-state index in [1.807, 2.05) is 31.2 Å². The number of hydrogen-bond donors (Lipinski definition) is 1. The molecular weight excluding hydrogens is 283 g/mol. The van der Waals surface area contributed by atoms with E-state index in [9.17, 15) is 5.11 Å². The van der Waals surface area contributed by atoms with Crippen molar-refractivity contribution in [3.63, 3.8) is 0 Å². The Labute approximate surface area is 122 Å². The molecule has 4 heteroatoms. The molecule has 0 aliphatic carbocycles. The molecular formula is C15H14Cl2O2. The Morgan fingerprint density at radius 1 is 1.11 bits per heavy atom. The van der Waals surface area contributed by atoms with Gasteiger partial charge in [0.05, 0.1) is 6.61 Å². The maximum absolute atomic E-state index is 10.3. The maximum Gasteiger partial charge on any atom is 0.119 e. The van der Waals surface area contributed by atoms with Gasteiger partial charge in [0.25, 0.3) is 0 Å². The lowest BCUT2D eigenvalue weighted by molar-refractivity contribution is 0.220. The van der Waals surface area contributed by atoms with Crippen LogP contribution in [-0.2, 0) is 0 Å². The van der Waals surface area contributed by atoms with Crippen LogP contribution in [0.25, 0.3) is 0 Å². The minimum atomic E-state index is -0.777. The normalized spacial score (nSPS) is 12.2. The summed E-state index contributed by atoms with van der Waals surface area (Å²) in [4.78, 5) is 0. The van der Waals surface area contributed by atoms with Gasteiger partial charge < -0.3 is 9.84 Å². The molecule has 2 nitrogen and oxygen atoms in total. The topological polar surface area (TPSA) is 29.5 Å². The zero-order valence-electron chi connectivity index (χ0n) is 10.4. The number of hydrogen-bond acceptors (Lipinski definition) is 2. The van der Waals surface area contributed by atoms with Gasteiger partial charge in [-0.15, -0.1) is 0 Å². The molecule has 1 unspecified atom stereocenters. The molecule has 2 rings (SSSR count). The third-order valence-corrected chi connectivity index (χ3v) is 3.33. The molecule has 0 aromatic heterocycles. The van der Waals surface area contributed by atoms with E-state index in [1.54, 1.807) is 18.2 Å². The van der Waals surface area contributed by atoms with Gasteiger partial charge in [-0.25, -0.2) is 0 Å². The standard InChI is InChI=1S/C15H14Cl2O2/c1-2-19-12-6-3-10(4-7-12)15(18)13-8-5-11(16)9-14(13)17/h3-9,15,18H,2H2,1H3. The first kappa shape index (κ1) is 14.2. The van der Waals surface area contributed by atoms with Crippen LogP contribution in [0.15, 0.2) is 42.5 Å². The van der Waals surface area contributed by atoms with Gasteiger partial charge in [0.15, 0.2) is 0 Å². The second-order valence-electron chi connectivity index (χ2n) is 4.07. The van der Waals surface area contributed by atoms with Crippen LogP contribution in [0.5, 0.6) is 5.75 Å². The Morgan fingerprint density at radius 2 is 1.79 bits per heavy atom. The average molecular weight is 297 g/mol. The Kier molecular flexibility index (Phi) is 4.70. The molecule has 1 atom stereocenters. The average Bonchev–Trinajstić information content (AvgIpc) is 2.39. The van der Waals surface area contributed by atoms with E-state index in [0.717, 1.165) is 11.3 Å². The molecule has 2 aromatic carbocycles.